The van der Waals surface area contributed by atoms with Crippen LogP contribution in [0.5, 0.6) is 0 Å². The Morgan fingerprint density at radius 2 is 1.91 bits per heavy atom. The molecule has 1 fully saturated rings. The number of aryl methyl sites for hydroxylation is 1. The van der Waals surface area contributed by atoms with Gasteiger partial charge in [-0.3, -0.25) is 19.7 Å². The fraction of sp³-hybridized carbons (Fsp3) is 0.120. The molecule has 2 aromatic heterocycles. The number of ketones is 1. The van der Waals surface area contributed by atoms with Gasteiger partial charge in [-0.1, -0.05) is 30.3 Å². The maximum Gasteiger partial charge on any atom is 0.296 e. The molecule has 5 rings (SSSR count). The Labute approximate surface area is 193 Å². The number of fused-ring (bicyclic) bond motifs is 1. The van der Waals surface area contributed by atoms with Gasteiger partial charge in [-0.2, -0.15) is 0 Å². The Kier molecular flexibility index (Phi) is 5.01. The van der Waals surface area contributed by atoms with Crippen LogP contribution in [0.1, 0.15) is 22.9 Å². The van der Waals surface area contributed by atoms with Gasteiger partial charge in [0.2, 0.25) is 0 Å². The maximum atomic E-state index is 13.2. The number of Topliss-reactive ketones (excluding diaryl/α,β-unsaturated/α-hetero) is 1. The summed E-state index contributed by atoms with van der Waals surface area (Å²) >= 11 is 0. The van der Waals surface area contributed by atoms with Crippen molar-refractivity contribution >= 4 is 34.0 Å². The molecule has 9 heteroatoms. The number of para-hydroxylation sites is 1. The van der Waals surface area contributed by atoms with Crippen LogP contribution in [0.2, 0.25) is 0 Å². The summed E-state index contributed by atoms with van der Waals surface area (Å²) < 4.78 is 7.29. The number of likely N-dealkylation sites (tertiary alicyclic amines) is 1. The highest BCUT2D eigenvalue weighted by Gasteiger charge is 2.47. The number of benzene rings is 2. The summed E-state index contributed by atoms with van der Waals surface area (Å²) in [6, 6.07) is 15.3. The van der Waals surface area contributed by atoms with Gasteiger partial charge in [-0.05, 0) is 18.2 Å². The number of aliphatic hydroxyl groups is 1. The Morgan fingerprint density at radius 3 is 2.65 bits per heavy atom. The van der Waals surface area contributed by atoms with E-state index in [4.69, 9.17) is 4.42 Å². The van der Waals surface area contributed by atoms with Crippen LogP contribution in [-0.2, 0) is 23.2 Å². The Morgan fingerprint density at radius 1 is 1.12 bits per heavy atom. The molecule has 1 N–H and O–H groups in total. The van der Waals surface area contributed by atoms with Crippen molar-refractivity contribution in [3.8, 4) is 0 Å². The van der Waals surface area contributed by atoms with Gasteiger partial charge in [-0.15, -0.1) is 0 Å². The largest absolute Gasteiger partial charge is 0.507 e. The lowest BCUT2D eigenvalue weighted by Gasteiger charge is -2.24. The fourth-order valence-electron chi connectivity index (χ4n) is 4.45. The molecule has 1 aliphatic heterocycles. The summed E-state index contributed by atoms with van der Waals surface area (Å²) in [5, 5.41) is 23.3. The van der Waals surface area contributed by atoms with Gasteiger partial charge in [0.15, 0.2) is 0 Å². The summed E-state index contributed by atoms with van der Waals surface area (Å²) in [5.41, 5.74) is 1.24. The first kappa shape index (κ1) is 21.2. The molecule has 0 aliphatic carbocycles. The van der Waals surface area contributed by atoms with Gasteiger partial charge in [0.25, 0.3) is 17.4 Å². The number of nitro benzene ring substituents is 1. The smallest absolute Gasteiger partial charge is 0.296 e. The number of aromatic nitrogens is 1. The SMILES string of the molecule is Cn1cc(C2/C(=C(\O)c3cccc([N+](=O)[O-])c3)C(=O)C(=O)N2Cc2ccco2)c2ccccc21. The molecule has 3 heterocycles. The predicted molar refractivity (Wildman–Crippen MR) is 123 cm³/mol. The average molecular weight is 457 g/mol. The average Bonchev–Trinajstić information content (AvgIpc) is 3.53. The van der Waals surface area contributed by atoms with Crippen LogP contribution in [0.15, 0.2) is 83.1 Å². The van der Waals surface area contributed by atoms with E-state index < -0.39 is 28.4 Å². The number of nitrogens with zero attached hydrogens (tertiary/aromatic N) is 3. The highest BCUT2D eigenvalue weighted by atomic mass is 16.6. The van der Waals surface area contributed by atoms with Crippen LogP contribution in [0.25, 0.3) is 16.7 Å². The molecule has 1 atom stereocenters. The van der Waals surface area contributed by atoms with Gasteiger partial charge in [-0.25, -0.2) is 0 Å². The van der Waals surface area contributed by atoms with Crippen LogP contribution in [-0.4, -0.2) is 31.2 Å². The molecule has 0 saturated carbocycles. The lowest BCUT2D eigenvalue weighted by atomic mass is 9.95. The molecule has 0 bridgehead atoms. The number of aliphatic hydroxyl groups excluding tert-OH is 1. The second-order valence-corrected chi connectivity index (χ2v) is 8.03. The van der Waals surface area contributed by atoms with Crippen molar-refractivity contribution in [3.63, 3.8) is 0 Å². The molecule has 4 aromatic rings. The second kappa shape index (κ2) is 8.04. The zero-order valence-electron chi connectivity index (χ0n) is 18.0. The number of carbonyl (C=O) groups excluding carboxylic acids is 2. The van der Waals surface area contributed by atoms with E-state index in [2.05, 4.69) is 0 Å². The first-order chi connectivity index (χ1) is 16.4. The van der Waals surface area contributed by atoms with Gasteiger partial charge < -0.3 is 19.0 Å². The van der Waals surface area contributed by atoms with E-state index >= 15 is 0 Å². The standard InChI is InChI=1S/C25H19N3O6/c1-26-14-19(18-9-2-3-10-20(18)26)22-21(23(29)15-6-4-7-16(12-15)28(32)33)24(30)25(31)27(22)13-17-8-5-11-34-17/h2-12,14,22,29H,13H2,1H3/b23-21+. The minimum Gasteiger partial charge on any atom is -0.507 e. The summed E-state index contributed by atoms with van der Waals surface area (Å²) in [7, 11) is 1.85. The number of nitro groups is 1. The van der Waals surface area contributed by atoms with Crippen LogP contribution in [0.4, 0.5) is 5.69 Å². The van der Waals surface area contributed by atoms with Crippen molar-refractivity contribution < 1.29 is 24.0 Å². The van der Waals surface area contributed by atoms with Gasteiger partial charge in [0, 0.05) is 47.4 Å². The molecular weight excluding hydrogens is 438 g/mol. The number of rotatable bonds is 5. The molecule has 1 saturated heterocycles. The van der Waals surface area contributed by atoms with E-state index in [1.54, 1.807) is 12.1 Å². The number of non-ortho nitro benzene ring substituents is 1. The number of amides is 1. The third kappa shape index (κ3) is 3.34. The zero-order chi connectivity index (χ0) is 24.0. The quantitative estimate of drug-likeness (QED) is 0.157. The summed E-state index contributed by atoms with van der Waals surface area (Å²) in [6.45, 7) is 0.0111. The molecule has 9 nitrogen and oxygen atoms in total. The third-order valence-corrected chi connectivity index (χ3v) is 6.00. The molecule has 0 spiro atoms. The monoisotopic (exact) mass is 457 g/mol. The van der Waals surface area contributed by atoms with Gasteiger partial charge >= 0.3 is 0 Å². The van der Waals surface area contributed by atoms with Crippen molar-refractivity contribution in [1.29, 1.82) is 0 Å². The number of carbonyl (C=O) groups is 2. The van der Waals surface area contributed by atoms with E-state index in [1.165, 1.54) is 35.4 Å². The topological polar surface area (TPSA) is 119 Å². The lowest BCUT2D eigenvalue weighted by Crippen LogP contribution is -2.29. The molecule has 34 heavy (non-hydrogen) atoms. The highest BCUT2D eigenvalue weighted by Crippen LogP contribution is 2.43. The number of hydrogen-bond donors (Lipinski definition) is 1. The summed E-state index contributed by atoms with van der Waals surface area (Å²) in [5.74, 6) is -1.65. The maximum absolute atomic E-state index is 13.2. The zero-order valence-corrected chi connectivity index (χ0v) is 18.0. The second-order valence-electron chi connectivity index (χ2n) is 8.03. The van der Waals surface area contributed by atoms with Crippen LogP contribution in [0, 0.1) is 10.1 Å². The predicted octanol–water partition coefficient (Wildman–Crippen LogP) is 4.30. The van der Waals surface area contributed by atoms with E-state index in [1.807, 2.05) is 42.1 Å². The number of furan rings is 1. The third-order valence-electron chi connectivity index (χ3n) is 6.00. The van der Waals surface area contributed by atoms with E-state index in [-0.39, 0.29) is 23.4 Å². The molecule has 0 radical (unpaired) electrons. The first-order valence-electron chi connectivity index (χ1n) is 10.5. The molecule has 1 unspecified atom stereocenters. The van der Waals surface area contributed by atoms with Crippen molar-refractivity contribution in [3.05, 3.63) is 106 Å². The highest BCUT2D eigenvalue weighted by molar-refractivity contribution is 6.46. The Bertz CT molecular complexity index is 1480. The van der Waals surface area contributed by atoms with Gasteiger partial charge in [0.05, 0.1) is 29.3 Å². The number of hydrogen-bond acceptors (Lipinski definition) is 6. The van der Waals surface area contributed by atoms with Crippen molar-refractivity contribution in [1.82, 2.24) is 9.47 Å². The van der Waals surface area contributed by atoms with E-state index in [0.717, 1.165) is 10.9 Å². The van der Waals surface area contributed by atoms with Crippen molar-refractivity contribution in [2.24, 2.45) is 7.05 Å². The van der Waals surface area contributed by atoms with E-state index in [9.17, 15) is 24.8 Å². The van der Waals surface area contributed by atoms with Crippen LogP contribution >= 0.6 is 0 Å². The Hall–Kier alpha value is -4.66. The Balaban J connectivity index is 1.74. The van der Waals surface area contributed by atoms with Crippen molar-refractivity contribution in [2.75, 3.05) is 0 Å². The summed E-state index contributed by atoms with van der Waals surface area (Å²) in [4.78, 5) is 38.4. The summed E-state index contributed by atoms with van der Waals surface area (Å²) in [6.07, 6.45) is 3.29. The van der Waals surface area contributed by atoms with Gasteiger partial charge in [0.1, 0.15) is 11.5 Å². The molecule has 2 aromatic carbocycles. The lowest BCUT2D eigenvalue weighted by molar-refractivity contribution is -0.384. The molecule has 1 amide bonds. The molecule has 1 aliphatic rings. The normalized spacial score (nSPS) is 17.6. The van der Waals surface area contributed by atoms with Crippen LogP contribution < -0.4 is 0 Å². The van der Waals surface area contributed by atoms with Crippen LogP contribution in [0.3, 0.4) is 0 Å². The fourth-order valence-corrected chi connectivity index (χ4v) is 4.45. The minimum absolute atomic E-state index is 0.0111. The first-order valence-corrected chi connectivity index (χ1v) is 10.5. The minimum atomic E-state index is -0.921. The van der Waals surface area contributed by atoms with Crippen molar-refractivity contribution in [2.45, 2.75) is 12.6 Å². The molecule has 170 valence electrons. The van der Waals surface area contributed by atoms with E-state index in [0.29, 0.717) is 11.3 Å². The molecular formula is C25H19N3O6.